The number of fused-ring (bicyclic) bond motifs is 1. The molecule has 1 amide bonds. The van der Waals surface area contributed by atoms with Gasteiger partial charge in [-0.25, -0.2) is 0 Å². The summed E-state index contributed by atoms with van der Waals surface area (Å²) in [5.74, 6) is 0.384. The Hall–Kier alpha value is -0.530. The summed E-state index contributed by atoms with van der Waals surface area (Å²) in [5, 5.41) is 0. The van der Waals surface area contributed by atoms with E-state index in [0.29, 0.717) is 18.0 Å². The average Bonchev–Trinajstić information content (AvgIpc) is 2.40. The molecule has 0 aliphatic carbocycles. The first-order valence-corrected chi connectivity index (χ1v) is 4.10. The van der Waals surface area contributed by atoms with E-state index in [-0.39, 0.29) is 0 Å². The van der Waals surface area contributed by atoms with Crippen LogP contribution in [0.1, 0.15) is 32.6 Å². The van der Waals surface area contributed by atoms with Crippen LogP contribution in [0.2, 0.25) is 0 Å². The molecule has 2 heterocycles. The van der Waals surface area contributed by atoms with Crippen molar-refractivity contribution in [2.75, 3.05) is 0 Å². The van der Waals surface area contributed by atoms with E-state index in [1.54, 1.807) is 0 Å². The SMILES string of the molecule is CC1CCC2CCC(=O)N12. The summed E-state index contributed by atoms with van der Waals surface area (Å²) in [5.41, 5.74) is 0. The van der Waals surface area contributed by atoms with E-state index in [0.717, 1.165) is 12.8 Å². The van der Waals surface area contributed by atoms with Crippen molar-refractivity contribution in [3.8, 4) is 0 Å². The highest BCUT2D eigenvalue weighted by molar-refractivity contribution is 5.79. The van der Waals surface area contributed by atoms with Gasteiger partial charge in [0.05, 0.1) is 0 Å². The molecule has 2 rings (SSSR count). The molecule has 2 atom stereocenters. The largest absolute Gasteiger partial charge is 0.337 e. The lowest BCUT2D eigenvalue weighted by Gasteiger charge is -2.20. The molecule has 0 aromatic rings. The standard InChI is InChI=1S/C8H13NO/c1-6-2-3-7-4-5-8(10)9(6)7/h6-7H,2-5H2,1H3. The van der Waals surface area contributed by atoms with Gasteiger partial charge >= 0.3 is 0 Å². The first-order chi connectivity index (χ1) is 4.79. The van der Waals surface area contributed by atoms with Gasteiger partial charge in [0.25, 0.3) is 0 Å². The topological polar surface area (TPSA) is 20.3 Å². The maximum Gasteiger partial charge on any atom is 0.223 e. The minimum Gasteiger partial charge on any atom is -0.337 e. The highest BCUT2D eigenvalue weighted by atomic mass is 16.2. The highest BCUT2D eigenvalue weighted by Crippen LogP contribution is 2.32. The zero-order valence-corrected chi connectivity index (χ0v) is 6.34. The number of rotatable bonds is 0. The van der Waals surface area contributed by atoms with Crippen molar-refractivity contribution < 1.29 is 4.79 Å². The van der Waals surface area contributed by atoms with Gasteiger partial charge in [-0.1, -0.05) is 0 Å². The maximum absolute atomic E-state index is 11.2. The van der Waals surface area contributed by atoms with Crippen molar-refractivity contribution >= 4 is 5.91 Å². The summed E-state index contributed by atoms with van der Waals surface area (Å²) in [4.78, 5) is 13.3. The van der Waals surface area contributed by atoms with Gasteiger partial charge in [0.1, 0.15) is 0 Å². The van der Waals surface area contributed by atoms with Crippen molar-refractivity contribution in [2.45, 2.75) is 44.7 Å². The molecule has 10 heavy (non-hydrogen) atoms. The van der Waals surface area contributed by atoms with E-state index in [1.807, 2.05) is 0 Å². The second-order valence-electron chi connectivity index (χ2n) is 3.42. The fourth-order valence-corrected chi connectivity index (χ4v) is 2.22. The summed E-state index contributed by atoms with van der Waals surface area (Å²) < 4.78 is 0. The van der Waals surface area contributed by atoms with Crippen LogP contribution in [-0.4, -0.2) is 22.9 Å². The zero-order chi connectivity index (χ0) is 7.14. The van der Waals surface area contributed by atoms with Gasteiger partial charge in [-0.3, -0.25) is 4.79 Å². The highest BCUT2D eigenvalue weighted by Gasteiger charge is 2.38. The van der Waals surface area contributed by atoms with Gasteiger partial charge in [0.15, 0.2) is 0 Å². The number of carbonyl (C=O) groups excluding carboxylic acids is 1. The Labute approximate surface area is 61.2 Å². The van der Waals surface area contributed by atoms with Gasteiger partial charge in [-0.2, -0.15) is 0 Å². The second kappa shape index (κ2) is 1.97. The number of amides is 1. The summed E-state index contributed by atoms with van der Waals surface area (Å²) in [6.07, 6.45) is 4.38. The Morgan fingerprint density at radius 2 is 2.20 bits per heavy atom. The van der Waals surface area contributed by atoms with Crippen LogP contribution in [-0.2, 0) is 4.79 Å². The fraction of sp³-hybridized carbons (Fsp3) is 0.875. The summed E-state index contributed by atoms with van der Waals surface area (Å²) in [6, 6.07) is 1.14. The molecular weight excluding hydrogens is 126 g/mol. The van der Waals surface area contributed by atoms with Crippen LogP contribution in [0.15, 0.2) is 0 Å². The van der Waals surface area contributed by atoms with Gasteiger partial charge in [0, 0.05) is 18.5 Å². The lowest BCUT2D eigenvalue weighted by atomic mass is 10.1. The van der Waals surface area contributed by atoms with E-state index in [4.69, 9.17) is 0 Å². The van der Waals surface area contributed by atoms with Gasteiger partial charge < -0.3 is 4.90 Å². The van der Waals surface area contributed by atoms with E-state index in [1.165, 1.54) is 12.8 Å². The van der Waals surface area contributed by atoms with E-state index < -0.39 is 0 Å². The fourth-order valence-electron chi connectivity index (χ4n) is 2.22. The minimum atomic E-state index is 0.384. The summed E-state index contributed by atoms with van der Waals surface area (Å²) >= 11 is 0. The van der Waals surface area contributed by atoms with E-state index >= 15 is 0 Å². The Morgan fingerprint density at radius 1 is 1.40 bits per heavy atom. The maximum atomic E-state index is 11.2. The van der Waals surface area contributed by atoms with Crippen molar-refractivity contribution in [1.82, 2.24) is 4.90 Å². The van der Waals surface area contributed by atoms with Crippen molar-refractivity contribution in [3.63, 3.8) is 0 Å². The predicted molar refractivity (Wildman–Crippen MR) is 38.6 cm³/mol. The van der Waals surface area contributed by atoms with Crippen LogP contribution >= 0.6 is 0 Å². The molecule has 0 radical (unpaired) electrons. The summed E-state index contributed by atoms with van der Waals surface area (Å²) in [7, 11) is 0. The van der Waals surface area contributed by atoms with Crippen molar-refractivity contribution in [1.29, 1.82) is 0 Å². The molecule has 2 saturated heterocycles. The zero-order valence-electron chi connectivity index (χ0n) is 6.34. The van der Waals surface area contributed by atoms with E-state index in [2.05, 4.69) is 11.8 Å². The van der Waals surface area contributed by atoms with Crippen molar-refractivity contribution in [3.05, 3.63) is 0 Å². The van der Waals surface area contributed by atoms with Crippen LogP contribution in [0.3, 0.4) is 0 Å². The molecule has 2 aliphatic rings. The molecule has 2 nitrogen and oxygen atoms in total. The smallest absolute Gasteiger partial charge is 0.223 e. The third kappa shape index (κ3) is 0.678. The Bertz CT molecular complexity index is 167. The van der Waals surface area contributed by atoms with Crippen molar-refractivity contribution in [2.24, 2.45) is 0 Å². The Balaban J connectivity index is 2.19. The predicted octanol–water partition coefficient (Wildman–Crippen LogP) is 1.16. The quantitative estimate of drug-likeness (QED) is 0.493. The van der Waals surface area contributed by atoms with Crippen LogP contribution < -0.4 is 0 Å². The number of hydrogen-bond donors (Lipinski definition) is 0. The first kappa shape index (κ1) is 6.20. The minimum absolute atomic E-state index is 0.384. The van der Waals surface area contributed by atoms with E-state index in [9.17, 15) is 4.79 Å². The normalized spacial score (nSPS) is 38.9. The van der Waals surface area contributed by atoms with Gasteiger partial charge in [-0.05, 0) is 26.2 Å². The molecule has 2 aliphatic heterocycles. The molecule has 0 saturated carbocycles. The molecule has 2 fully saturated rings. The monoisotopic (exact) mass is 139 g/mol. The lowest BCUT2D eigenvalue weighted by molar-refractivity contribution is -0.129. The first-order valence-electron chi connectivity index (χ1n) is 4.10. The van der Waals surface area contributed by atoms with Gasteiger partial charge in [-0.15, -0.1) is 0 Å². The van der Waals surface area contributed by atoms with Gasteiger partial charge in [0.2, 0.25) is 5.91 Å². The number of nitrogens with zero attached hydrogens (tertiary/aromatic N) is 1. The second-order valence-corrected chi connectivity index (χ2v) is 3.42. The molecule has 0 spiro atoms. The Morgan fingerprint density at radius 3 is 2.90 bits per heavy atom. The number of carbonyl (C=O) groups is 1. The van der Waals surface area contributed by atoms with Crippen LogP contribution in [0.4, 0.5) is 0 Å². The lowest BCUT2D eigenvalue weighted by Crippen LogP contribution is -2.32. The van der Waals surface area contributed by atoms with Crippen LogP contribution in [0.25, 0.3) is 0 Å². The molecule has 2 unspecified atom stereocenters. The molecular formula is C8H13NO. The molecule has 2 heteroatoms. The third-order valence-corrected chi connectivity index (χ3v) is 2.77. The molecule has 56 valence electrons. The molecule has 0 bridgehead atoms. The summed E-state index contributed by atoms with van der Waals surface area (Å²) in [6.45, 7) is 2.16. The third-order valence-electron chi connectivity index (χ3n) is 2.77. The molecule has 0 N–H and O–H groups in total. The molecule has 0 aromatic heterocycles. The van der Waals surface area contributed by atoms with Crippen LogP contribution in [0.5, 0.6) is 0 Å². The molecule has 0 aromatic carbocycles. The number of hydrogen-bond acceptors (Lipinski definition) is 1. The average molecular weight is 139 g/mol. The Kier molecular flexibility index (Phi) is 1.22. The van der Waals surface area contributed by atoms with Crippen LogP contribution in [0, 0.1) is 0 Å².